The third-order valence-corrected chi connectivity index (χ3v) is 2.03. The van der Waals surface area contributed by atoms with E-state index in [0.717, 1.165) is 0 Å². The summed E-state index contributed by atoms with van der Waals surface area (Å²) >= 11 is 1.68. The molecule has 0 aliphatic heterocycles. The quantitative estimate of drug-likeness (QED) is 0.550. The van der Waals surface area contributed by atoms with Crippen LogP contribution in [0.25, 0.3) is 10.1 Å². The Balaban J connectivity index is 2.95. The Labute approximate surface area is 56.2 Å². The summed E-state index contributed by atoms with van der Waals surface area (Å²) in [6, 6.07) is 2.04. The van der Waals surface area contributed by atoms with Gasteiger partial charge in [0.05, 0.1) is 17.1 Å². The number of fused-ring (bicyclic) bond motifs is 1. The van der Waals surface area contributed by atoms with Gasteiger partial charge in [-0.2, -0.15) is 10.2 Å². The molecule has 0 saturated carbocycles. The lowest BCUT2D eigenvalue weighted by molar-refractivity contribution is 1.05. The third kappa shape index (κ3) is 0.695. The molecule has 0 N–H and O–H groups in total. The lowest BCUT2D eigenvalue weighted by atomic mass is 10.4. The van der Waals surface area contributed by atoms with Gasteiger partial charge in [-0.3, -0.25) is 0 Å². The first-order valence-corrected chi connectivity index (χ1v) is 3.49. The van der Waals surface area contributed by atoms with Crippen LogP contribution in [0, 0.1) is 0 Å². The predicted molar refractivity (Wildman–Crippen MR) is 37.4 cm³/mol. The van der Waals surface area contributed by atoms with Gasteiger partial charge < -0.3 is 0 Å². The second kappa shape index (κ2) is 1.77. The van der Waals surface area contributed by atoms with Crippen molar-refractivity contribution in [3.63, 3.8) is 0 Å². The van der Waals surface area contributed by atoms with Crippen molar-refractivity contribution in [3.05, 3.63) is 23.8 Å². The van der Waals surface area contributed by atoms with Gasteiger partial charge in [0.15, 0.2) is 0 Å². The Hall–Kier alpha value is -0.960. The fourth-order valence-corrected chi connectivity index (χ4v) is 1.45. The van der Waals surface area contributed by atoms with E-state index in [1.54, 1.807) is 23.7 Å². The molecule has 2 heterocycles. The summed E-state index contributed by atoms with van der Waals surface area (Å²) in [5, 5.41) is 10.7. The second-order valence-electron chi connectivity index (χ2n) is 1.73. The minimum Gasteiger partial charge on any atom is -0.158 e. The zero-order valence-electron chi connectivity index (χ0n) is 4.61. The molecule has 0 amide bonds. The van der Waals surface area contributed by atoms with E-state index in [4.69, 9.17) is 0 Å². The highest BCUT2D eigenvalue weighted by molar-refractivity contribution is 7.17. The molecule has 2 aromatic rings. The van der Waals surface area contributed by atoms with E-state index in [2.05, 4.69) is 10.2 Å². The van der Waals surface area contributed by atoms with Crippen molar-refractivity contribution < 1.29 is 0 Å². The van der Waals surface area contributed by atoms with Crippen LogP contribution >= 0.6 is 11.3 Å². The summed E-state index contributed by atoms with van der Waals surface area (Å²) in [6.45, 7) is 0. The van der Waals surface area contributed by atoms with Crippen molar-refractivity contribution >= 4 is 21.4 Å². The molecule has 0 spiro atoms. The smallest absolute Gasteiger partial charge is 0.0674 e. The topological polar surface area (TPSA) is 25.8 Å². The molecule has 0 bridgehead atoms. The fourth-order valence-electron chi connectivity index (χ4n) is 0.724. The Bertz CT molecular complexity index is 285. The monoisotopic (exact) mass is 136 g/mol. The molecule has 2 aromatic heterocycles. The van der Waals surface area contributed by atoms with Crippen LogP contribution in [0.5, 0.6) is 0 Å². The minimum absolute atomic E-state index is 1.18. The number of thiophene rings is 1. The maximum Gasteiger partial charge on any atom is 0.0674 e. The molecule has 0 unspecified atom stereocenters. The highest BCUT2D eigenvalue weighted by atomic mass is 32.1. The summed E-state index contributed by atoms with van der Waals surface area (Å²) in [4.78, 5) is 0. The van der Waals surface area contributed by atoms with Gasteiger partial charge in [-0.05, 0) is 11.4 Å². The van der Waals surface area contributed by atoms with Gasteiger partial charge in [-0.15, -0.1) is 11.3 Å². The van der Waals surface area contributed by atoms with E-state index < -0.39 is 0 Å². The zero-order valence-corrected chi connectivity index (χ0v) is 5.43. The van der Waals surface area contributed by atoms with Crippen LogP contribution in [-0.2, 0) is 0 Å². The van der Waals surface area contributed by atoms with E-state index >= 15 is 0 Å². The number of aromatic nitrogens is 2. The zero-order chi connectivity index (χ0) is 6.10. The average molecular weight is 136 g/mol. The van der Waals surface area contributed by atoms with Crippen LogP contribution < -0.4 is 0 Å². The molecule has 3 heteroatoms. The molecule has 0 aromatic carbocycles. The highest BCUT2D eigenvalue weighted by Gasteiger charge is 1.90. The van der Waals surface area contributed by atoms with Crippen LogP contribution in [-0.4, -0.2) is 10.2 Å². The molecular weight excluding hydrogens is 132 g/mol. The van der Waals surface area contributed by atoms with Crippen LogP contribution in [0.1, 0.15) is 0 Å². The van der Waals surface area contributed by atoms with Gasteiger partial charge in [-0.25, -0.2) is 0 Å². The molecular formula is C6H4N2S. The highest BCUT2D eigenvalue weighted by Crippen LogP contribution is 2.16. The molecule has 2 nitrogen and oxygen atoms in total. The molecule has 0 aliphatic rings. The van der Waals surface area contributed by atoms with Gasteiger partial charge in [0.2, 0.25) is 0 Å². The fraction of sp³-hybridized carbons (Fsp3) is 0. The van der Waals surface area contributed by atoms with Gasteiger partial charge in [-0.1, -0.05) is 0 Å². The standard InChI is InChI=1S/C6H4N2S/c1-2-9-6-4-8-7-3-5(1)6/h1-4H. The molecule has 2 rings (SSSR count). The van der Waals surface area contributed by atoms with Gasteiger partial charge >= 0.3 is 0 Å². The summed E-state index contributed by atoms with van der Waals surface area (Å²) in [6.07, 6.45) is 3.55. The predicted octanol–water partition coefficient (Wildman–Crippen LogP) is 1.69. The van der Waals surface area contributed by atoms with Crippen molar-refractivity contribution in [2.45, 2.75) is 0 Å². The molecule has 0 fully saturated rings. The van der Waals surface area contributed by atoms with Crippen LogP contribution in [0.2, 0.25) is 0 Å². The van der Waals surface area contributed by atoms with Crippen LogP contribution in [0.3, 0.4) is 0 Å². The molecule has 0 aliphatic carbocycles. The van der Waals surface area contributed by atoms with Crippen molar-refractivity contribution in [1.82, 2.24) is 10.2 Å². The van der Waals surface area contributed by atoms with Crippen LogP contribution in [0.4, 0.5) is 0 Å². The molecule has 44 valence electrons. The van der Waals surface area contributed by atoms with E-state index in [0.29, 0.717) is 0 Å². The van der Waals surface area contributed by atoms with Crippen molar-refractivity contribution in [2.75, 3.05) is 0 Å². The van der Waals surface area contributed by atoms with E-state index in [1.807, 2.05) is 11.4 Å². The Morgan fingerprint density at radius 2 is 2.11 bits per heavy atom. The molecule has 0 atom stereocenters. The maximum atomic E-state index is 3.75. The third-order valence-electron chi connectivity index (χ3n) is 1.17. The first kappa shape index (κ1) is 4.88. The lowest BCUT2D eigenvalue weighted by Crippen LogP contribution is -1.73. The number of hydrogen-bond donors (Lipinski definition) is 0. The van der Waals surface area contributed by atoms with Crippen molar-refractivity contribution in [2.24, 2.45) is 0 Å². The second-order valence-corrected chi connectivity index (χ2v) is 2.68. The maximum absolute atomic E-state index is 3.75. The van der Waals surface area contributed by atoms with E-state index in [9.17, 15) is 0 Å². The summed E-state index contributed by atoms with van der Waals surface area (Å²) in [5.74, 6) is 0. The summed E-state index contributed by atoms with van der Waals surface area (Å²) in [5.41, 5.74) is 0. The summed E-state index contributed by atoms with van der Waals surface area (Å²) in [7, 11) is 0. The van der Waals surface area contributed by atoms with Gasteiger partial charge in [0.25, 0.3) is 0 Å². The Kier molecular flexibility index (Phi) is 0.960. The average Bonchev–Trinajstić information content (AvgIpc) is 2.33. The number of nitrogens with zero attached hydrogens (tertiary/aromatic N) is 2. The van der Waals surface area contributed by atoms with E-state index in [-0.39, 0.29) is 0 Å². The molecule has 9 heavy (non-hydrogen) atoms. The largest absolute Gasteiger partial charge is 0.158 e. The Morgan fingerprint density at radius 1 is 1.22 bits per heavy atom. The van der Waals surface area contributed by atoms with Crippen molar-refractivity contribution in [3.8, 4) is 0 Å². The SMILES string of the molecule is c1cc2cnncc2s1. The summed E-state index contributed by atoms with van der Waals surface area (Å²) < 4.78 is 1.20. The van der Waals surface area contributed by atoms with Gasteiger partial charge in [0.1, 0.15) is 0 Å². The molecule has 0 radical (unpaired) electrons. The number of hydrogen-bond acceptors (Lipinski definition) is 3. The minimum atomic E-state index is 1.18. The number of rotatable bonds is 0. The van der Waals surface area contributed by atoms with Gasteiger partial charge in [0, 0.05) is 5.39 Å². The normalized spacial score (nSPS) is 10.2. The van der Waals surface area contributed by atoms with Crippen molar-refractivity contribution in [1.29, 1.82) is 0 Å². The van der Waals surface area contributed by atoms with Crippen LogP contribution in [0.15, 0.2) is 23.8 Å². The first-order chi connectivity index (χ1) is 4.47. The lowest BCUT2D eigenvalue weighted by Gasteiger charge is -1.80. The first-order valence-electron chi connectivity index (χ1n) is 2.61. The van der Waals surface area contributed by atoms with E-state index in [1.165, 1.54) is 10.1 Å². The Morgan fingerprint density at radius 3 is 3.00 bits per heavy atom. The molecule has 0 saturated heterocycles.